The van der Waals surface area contributed by atoms with Gasteiger partial charge < -0.3 is 4.74 Å². The Bertz CT molecular complexity index is 721. The summed E-state index contributed by atoms with van der Waals surface area (Å²) < 4.78 is 5.39. The van der Waals surface area contributed by atoms with E-state index in [0.717, 1.165) is 16.0 Å². The number of aryl methyl sites for hydroxylation is 2. The van der Waals surface area contributed by atoms with Crippen LogP contribution in [0.4, 0.5) is 0 Å². The average Bonchev–Trinajstić information content (AvgIpc) is 3.01. The molecule has 2 nitrogen and oxygen atoms in total. The van der Waals surface area contributed by atoms with Crippen LogP contribution in [-0.2, 0) is 9.53 Å². The van der Waals surface area contributed by atoms with Gasteiger partial charge in [0.25, 0.3) is 0 Å². The number of benzene rings is 1. The van der Waals surface area contributed by atoms with E-state index >= 15 is 0 Å². The Kier molecular flexibility index (Phi) is 3.28. The molecule has 0 fully saturated rings. The highest BCUT2D eigenvalue weighted by atomic mass is 32.1. The van der Waals surface area contributed by atoms with Crippen molar-refractivity contribution < 1.29 is 9.53 Å². The predicted octanol–water partition coefficient (Wildman–Crippen LogP) is 4.35. The molecule has 0 N–H and O–H groups in total. The lowest BCUT2D eigenvalue weighted by Crippen LogP contribution is -1.97. The van der Waals surface area contributed by atoms with Gasteiger partial charge in [-0.05, 0) is 43.0 Å². The number of esters is 1. The van der Waals surface area contributed by atoms with Crippen LogP contribution in [0.5, 0.6) is 0 Å². The largest absolute Gasteiger partial charge is 0.422 e. The molecule has 0 saturated carbocycles. The van der Waals surface area contributed by atoms with E-state index in [-0.39, 0.29) is 5.97 Å². The third kappa shape index (κ3) is 2.45. The SMILES string of the molecule is Cc1ccc(C2=C/C(=C/c3cccs3)C(=O)O2)c(C)c1. The summed E-state index contributed by atoms with van der Waals surface area (Å²) in [4.78, 5) is 13.0. The molecule has 0 unspecified atom stereocenters. The molecule has 0 spiro atoms. The minimum Gasteiger partial charge on any atom is -0.422 e. The zero-order valence-corrected chi connectivity index (χ0v) is 12.2. The predicted molar refractivity (Wildman–Crippen MR) is 82.3 cm³/mol. The number of rotatable bonds is 2. The van der Waals surface area contributed by atoms with Crippen molar-refractivity contribution in [3.05, 3.63) is 68.9 Å². The fourth-order valence-corrected chi connectivity index (χ4v) is 2.90. The Morgan fingerprint density at radius 3 is 2.75 bits per heavy atom. The second kappa shape index (κ2) is 5.10. The van der Waals surface area contributed by atoms with Crippen molar-refractivity contribution in [2.24, 2.45) is 0 Å². The lowest BCUT2D eigenvalue weighted by molar-refractivity contribution is -0.130. The summed E-state index contributed by atoms with van der Waals surface area (Å²) in [6.07, 6.45) is 3.68. The van der Waals surface area contributed by atoms with E-state index in [1.807, 2.05) is 55.6 Å². The smallest absolute Gasteiger partial charge is 0.343 e. The lowest BCUT2D eigenvalue weighted by Gasteiger charge is -2.06. The molecule has 0 saturated heterocycles. The number of carbonyl (C=O) groups excluding carboxylic acids is 1. The third-order valence-corrected chi connectivity index (χ3v) is 4.03. The Hall–Kier alpha value is -2.13. The van der Waals surface area contributed by atoms with Crippen molar-refractivity contribution in [2.75, 3.05) is 0 Å². The Labute approximate surface area is 122 Å². The van der Waals surface area contributed by atoms with E-state index in [0.29, 0.717) is 11.3 Å². The molecule has 3 rings (SSSR count). The average molecular weight is 282 g/mol. The van der Waals surface area contributed by atoms with Crippen LogP contribution < -0.4 is 0 Å². The van der Waals surface area contributed by atoms with Gasteiger partial charge in [0.05, 0.1) is 5.57 Å². The van der Waals surface area contributed by atoms with Crippen molar-refractivity contribution in [1.29, 1.82) is 0 Å². The molecule has 1 aliphatic heterocycles. The summed E-state index contributed by atoms with van der Waals surface area (Å²) in [6, 6.07) is 10.1. The molecule has 0 bridgehead atoms. The van der Waals surface area contributed by atoms with Crippen LogP contribution in [0, 0.1) is 13.8 Å². The summed E-state index contributed by atoms with van der Waals surface area (Å²) >= 11 is 1.60. The number of cyclic esters (lactones) is 1. The maximum atomic E-state index is 11.9. The Balaban J connectivity index is 1.98. The maximum absolute atomic E-state index is 11.9. The minimum absolute atomic E-state index is 0.284. The van der Waals surface area contributed by atoms with Gasteiger partial charge in [0.2, 0.25) is 0 Å². The molecule has 2 heterocycles. The monoisotopic (exact) mass is 282 g/mol. The fourth-order valence-electron chi connectivity index (χ4n) is 2.24. The van der Waals surface area contributed by atoms with Crippen molar-refractivity contribution in [2.45, 2.75) is 13.8 Å². The highest BCUT2D eigenvalue weighted by molar-refractivity contribution is 7.10. The fraction of sp³-hybridized carbons (Fsp3) is 0.118. The number of hydrogen-bond donors (Lipinski definition) is 0. The summed E-state index contributed by atoms with van der Waals surface area (Å²) in [7, 11) is 0. The van der Waals surface area contributed by atoms with Crippen molar-refractivity contribution in [3.63, 3.8) is 0 Å². The summed E-state index contributed by atoms with van der Waals surface area (Å²) in [5.41, 5.74) is 3.88. The van der Waals surface area contributed by atoms with Gasteiger partial charge in [-0.3, -0.25) is 0 Å². The zero-order valence-electron chi connectivity index (χ0n) is 11.3. The molecule has 100 valence electrons. The topological polar surface area (TPSA) is 26.3 Å². The first kappa shape index (κ1) is 12.9. The standard InChI is InChI=1S/C17H14O2S/c1-11-5-6-15(12(2)8-11)16-10-13(17(18)19-16)9-14-4-3-7-20-14/h3-10H,1-2H3/b13-9-. The maximum Gasteiger partial charge on any atom is 0.343 e. The van der Waals surface area contributed by atoms with Crippen LogP contribution in [0.1, 0.15) is 21.6 Å². The van der Waals surface area contributed by atoms with Crippen LogP contribution in [0.2, 0.25) is 0 Å². The molecule has 3 heteroatoms. The molecule has 0 aliphatic carbocycles. The summed E-state index contributed by atoms with van der Waals surface area (Å²) in [6.45, 7) is 4.08. The quantitative estimate of drug-likeness (QED) is 0.605. The second-order valence-corrected chi connectivity index (χ2v) is 5.81. The van der Waals surface area contributed by atoms with E-state index in [1.165, 1.54) is 5.56 Å². The highest BCUT2D eigenvalue weighted by Gasteiger charge is 2.22. The molecule has 20 heavy (non-hydrogen) atoms. The molecular weight excluding hydrogens is 268 g/mol. The zero-order chi connectivity index (χ0) is 14.1. The van der Waals surface area contributed by atoms with E-state index in [1.54, 1.807) is 11.3 Å². The van der Waals surface area contributed by atoms with E-state index in [9.17, 15) is 4.79 Å². The highest BCUT2D eigenvalue weighted by Crippen LogP contribution is 2.30. The Morgan fingerprint density at radius 2 is 2.05 bits per heavy atom. The Morgan fingerprint density at radius 1 is 1.20 bits per heavy atom. The third-order valence-electron chi connectivity index (χ3n) is 3.21. The molecular formula is C17H14O2S. The first-order valence-electron chi connectivity index (χ1n) is 6.40. The van der Waals surface area contributed by atoms with Crippen LogP contribution in [0.3, 0.4) is 0 Å². The molecule has 1 aromatic carbocycles. The second-order valence-electron chi connectivity index (χ2n) is 4.83. The van der Waals surface area contributed by atoms with Crippen LogP contribution in [0.25, 0.3) is 11.8 Å². The van der Waals surface area contributed by atoms with Crippen molar-refractivity contribution >= 4 is 29.1 Å². The molecule has 2 aromatic rings. The van der Waals surface area contributed by atoms with Gasteiger partial charge >= 0.3 is 5.97 Å². The normalized spacial score (nSPS) is 16.4. The van der Waals surface area contributed by atoms with E-state index in [2.05, 4.69) is 6.07 Å². The van der Waals surface area contributed by atoms with Gasteiger partial charge in [0.1, 0.15) is 5.76 Å². The van der Waals surface area contributed by atoms with Gasteiger partial charge in [-0.1, -0.05) is 29.8 Å². The number of thiophene rings is 1. The minimum atomic E-state index is -0.284. The molecule has 0 amide bonds. The van der Waals surface area contributed by atoms with Crippen LogP contribution in [0.15, 0.2) is 47.4 Å². The number of ether oxygens (including phenoxy) is 1. The first-order chi connectivity index (χ1) is 9.63. The van der Waals surface area contributed by atoms with Gasteiger partial charge in [0.15, 0.2) is 0 Å². The van der Waals surface area contributed by atoms with Gasteiger partial charge in [-0.2, -0.15) is 0 Å². The summed E-state index contributed by atoms with van der Waals surface area (Å²) in [5, 5.41) is 1.99. The van der Waals surface area contributed by atoms with Crippen molar-refractivity contribution in [1.82, 2.24) is 0 Å². The molecule has 1 aromatic heterocycles. The van der Waals surface area contributed by atoms with E-state index in [4.69, 9.17) is 4.74 Å². The number of carbonyl (C=O) groups is 1. The lowest BCUT2D eigenvalue weighted by atomic mass is 10.0. The van der Waals surface area contributed by atoms with Crippen LogP contribution in [-0.4, -0.2) is 5.97 Å². The molecule has 0 radical (unpaired) electrons. The van der Waals surface area contributed by atoms with Crippen molar-refractivity contribution in [3.8, 4) is 0 Å². The number of hydrogen-bond acceptors (Lipinski definition) is 3. The van der Waals surface area contributed by atoms with E-state index < -0.39 is 0 Å². The molecule has 1 aliphatic rings. The summed E-state index contributed by atoms with van der Waals surface area (Å²) in [5.74, 6) is 0.351. The van der Waals surface area contributed by atoms with Gasteiger partial charge in [0, 0.05) is 10.4 Å². The first-order valence-corrected chi connectivity index (χ1v) is 7.28. The van der Waals surface area contributed by atoms with Gasteiger partial charge in [-0.15, -0.1) is 11.3 Å². The van der Waals surface area contributed by atoms with Crippen LogP contribution >= 0.6 is 11.3 Å². The van der Waals surface area contributed by atoms with Gasteiger partial charge in [-0.25, -0.2) is 4.79 Å². The molecule has 0 atom stereocenters.